The van der Waals surface area contributed by atoms with Gasteiger partial charge in [-0.15, -0.1) is 0 Å². The highest BCUT2D eigenvalue weighted by atomic mass is 16.7. The Morgan fingerprint density at radius 1 is 1.25 bits per heavy atom. The lowest BCUT2D eigenvalue weighted by Crippen LogP contribution is -2.10. The van der Waals surface area contributed by atoms with Crippen LogP contribution in [-0.4, -0.2) is 28.1 Å². The molecule has 1 aliphatic heterocycles. The molecule has 0 radical (unpaired) electrons. The third-order valence-electron chi connectivity index (χ3n) is 3.95. The molecule has 0 fully saturated rings. The van der Waals surface area contributed by atoms with Crippen molar-refractivity contribution in [3.63, 3.8) is 0 Å². The molecule has 0 atom stereocenters. The van der Waals surface area contributed by atoms with Gasteiger partial charge in [0.1, 0.15) is 5.82 Å². The molecule has 3 rings (SSSR count). The van der Waals surface area contributed by atoms with Gasteiger partial charge in [-0.05, 0) is 12.8 Å². The summed E-state index contributed by atoms with van der Waals surface area (Å²) in [7, 11) is 0. The maximum atomic E-state index is 9.34. The molecule has 0 unspecified atom stereocenters. The van der Waals surface area contributed by atoms with Crippen LogP contribution in [0.15, 0.2) is 12.1 Å². The molecule has 2 aromatic rings. The van der Waals surface area contributed by atoms with E-state index in [0.29, 0.717) is 12.5 Å². The zero-order valence-electron chi connectivity index (χ0n) is 11.9. The quantitative estimate of drug-likeness (QED) is 0.912. The standard InChI is InChI=1S/C15H20N2O3/c1-3-10(4-2)15-16-11-7-13-14(20-9-19-13)8-12(11)17(15)5-6-18/h7-8,10,18H,3-6,9H2,1-2H3. The average molecular weight is 276 g/mol. The maximum Gasteiger partial charge on any atom is 0.231 e. The summed E-state index contributed by atoms with van der Waals surface area (Å²) in [5.41, 5.74) is 1.91. The lowest BCUT2D eigenvalue weighted by Gasteiger charge is -2.14. The van der Waals surface area contributed by atoms with Crippen LogP contribution in [0, 0.1) is 0 Å². The third-order valence-corrected chi connectivity index (χ3v) is 3.95. The van der Waals surface area contributed by atoms with Gasteiger partial charge in [0.15, 0.2) is 11.5 Å². The first-order chi connectivity index (χ1) is 9.78. The average Bonchev–Trinajstić information content (AvgIpc) is 3.03. The van der Waals surface area contributed by atoms with E-state index in [2.05, 4.69) is 18.4 Å². The first kappa shape index (κ1) is 13.2. The smallest absolute Gasteiger partial charge is 0.231 e. The Balaban J connectivity index is 2.17. The second-order valence-electron chi connectivity index (χ2n) is 5.05. The van der Waals surface area contributed by atoms with Crippen LogP contribution in [0.3, 0.4) is 0 Å². The lowest BCUT2D eigenvalue weighted by molar-refractivity contribution is 0.174. The predicted molar refractivity (Wildman–Crippen MR) is 76.3 cm³/mol. The van der Waals surface area contributed by atoms with Gasteiger partial charge in [0.2, 0.25) is 6.79 Å². The van der Waals surface area contributed by atoms with Gasteiger partial charge in [-0.1, -0.05) is 13.8 Å². The summed E-state index contributed by atoms with van der Waals surface area (Å²) in [5, 5.41) is 9.34. The van der Waals surface area contributed by atoms with E-state index in [1.54, 1.807) is 0 Å². The maximum absolute atomic E-state index is 9.34. The van der Waals surface area contributed by atoms with E-state index in [1.807, 2.05) is 12.1 Å². The van der Waals surface area contributed by atoms with E-state index in [0.717, 1.165) is 41.2 Å². The van der Waals surface area contributed by atoms with Crippen molar-refractivity contribution in [3.05, 3.63) is 18.0 Å². The molecule has 2 heterocycles. The van der Waals surface area contributed by atoms with Gasteiger partial charge in [-0.25, -0.2) is 4.98 Å². The Morgan fingerprint density at radius 2 is 1.95 bits per heavy atom. The topological polar surface area (TPSA) is 56.5 Å². The number of ether oxygens (including phenoxy) is 2. The van der Waals surface area contributed by atoms with Crippen molar-refractivity contribution in [1.82, 2.24) is 9.55 Å². The Bertz CT molecular complexity index is 617. The molecule has 5 nitrogen and oxygen atoms in total. The number of hydrogen-bond acceptors (Lipinski definition) is 4. The van der Waals surface area contributed by atoms with Gasteiger partial charge in [0.05, 0.1) is 17.6 Å². The number of benzene rings is 1. The fraction of sp³-hybridized carbons (Fsp3) is 0.533. The normalized spacial score (nSPS) is 13.6. The summed E-state index contributed by atoms with van der Waals surface area (Å²) in [6.45, 7) is 5.27. The lowest BCUT2D eigenvalue weighted by atomic mass is 10.0. The molecular weight excluding hydrogens is 256 g/mol. The Hall–Kier alpha value is -1.75. The fourth-order valence-corrected chi connectivity index (χ4v) is 2.83. The summed E-state index contributed by atoms with van der Waals surface area (Å²) in [5.74, 6) is 2.96. The molecule has 0 amide bonds. The first-order valence-electron chi connectivity index (χ1n) is 7.19. The van der Waals surface area contributed by atoms with Crippen molar-refractivity contribution in [2.45, 2.75) is 39.2 Å². The van der Waals surface area contributed by atoms with Crippen LogP contribution in [0.25, 0.3) is 11.0 Å². The molecule has 1 aromatic heterocycles. The molecule has 1 aliphatic rings. The van der Waals surface area contributed by atoms with Crippen LogP contribution in [0.5, 0.6) is 11.5 Å². The largest absolute Gasteiger partial charge is 0.454 e. The molecule has 0 saturated heterocycles. The van der Waals surface area contributed by atoms with E-state index in [9.17, 15) is 5.11 Å². The van der Waals surface area contributed by atoms with E-state index in [1.165, 1.54) is 0 Å². The molecule has 0 bridgehead atoms. The molecule has 1 aromatic carbocycles. The van der Waals surface area contributed by atoms with Gasteiger partial charge in [0, 0.05) is 24.6 Å². The Kier molecular flexibility index (Phi) is 3.53. The van der Waals surface area contributed by atoms with Gasteiger partial charge in [0.25, 0.3) is 0 Å². The number of fused-ring (bicyclic) bond motifs is 2. The van der Waals surface area contributed by atoms with Crippen molar-refractivity contribution >= 4 is 11.0 Å². The van der Waals surface area contributed by atoms with Crippen LogP contribution in [0.1, 0.15) is 38.4 Å². The molecule has 1 N–H and O–H groups in total. The fourth-order valence-electron chi connectivity index (χ4n) is 2.83. The summed E-state index contributed by atoms with van der Waals surface area (Å²) in [6.07, 6.45) is 2.08. The summed E-state index contributed by atoms with van der Waals surface area (Å²) in [4.78, 5) is 4.77. The molecule has 20 heavy (non-hydrogen) atoms. The second-order valence-corrected chi connectivity index (χ2v) is 5.05. The Labute approximate surface area is 118 Å². The predicted octanol–water partition coefficient (Wildman–Crippen LogP) is 2.66. The molecule has 0 aliphatic carbocycles. The molecule has 0 spiro atoms. The number of nitrogens with zero attached hydrogens (tertiary/aromatic N) is 2. The third kappa shape index (κ3) is 2.02. The Morgan fingerprint density at radius 3 is 2.60 bits per heavy atom. The van der Waals surface area contributed by atoms with Crippen LogP contribution < -0.4 is 9.47 Å². The summed E-state index contributed by atoms with van der Waals surface area (Å²) >= 11 is 0. The minimum atomic E-state index is 0.104. The van der Waals surface area contributed by atoms with Crippen molar-refractivity contribution < 1.29 is 14.6 Å². The van der Waals surface area contributed by atoms with Crippen molar-refractivity contribution in [3.8, 4) is 11.5 Å². The minimum Gasteiger partial charge on any atom is -0.454 e. The molecule has 5 heteroatoms. The highest BCUT2D eigenvalue weighted by Gasteiger charge is 2.21. The number of aliphatic hydroxyl groups excluding tert-OH is 1. The highest BCUT2D eigenvalue weighted by Crippen LogP contribution is 2.37. The zero-order valence-corrected chi connectivity index (χ0v) is 11.9. The van der Waals surface area contributed by atoms with Gasteiger partial charge in [-0.2, -0.15) is 0 Å². The van der Waals surface area contributed by atoms with Crippen LogP contribution >= 0.6 is 0 Å². The van der Waals surface area contributed by atoms with Crippen LogP contribution in [-0.2, 0) is 6.54 Å². The number of aliphatic hydroxyl groups is 1. The number of rotatable bonds is 5. The SMILES string of the molecule is CCC(CC)c1nc2cc3c(cc2n1CCO)OCO3. The van der Waals surface area contributed by atoms with Gasteiger partial charge < -0.3 is 19.1 Å². The molecule has 0 saturated carbocycles. The number of aromatic nitrogens is 2. The van der Waals surface area contributed by atoms with Crippen molar-refractivity contribution in [2.24, 2.45) is 0 Å². The van der Waals surface area contributed by atoms with E-state index in [4.69, 9.17) is 14.5 Å². The minimum absolute atomic E-state index is 0.104. The molecular formula is C15H20N2O3. The van der Waals surface area contributed by atoms with E-state index < -0.39 is 0 Å². The number of hydrogen-bond donors (Lipinski definition) is 1. The van der Waals surface area contributed by atoms with Crippen LogP contribution in [0.2, 0.25) is 0 Å². The van der Waals surface area contributed by atoms with Crippen molar-refractivity contribution in [1.29, 1.82) is 0 Å². The first-order valence-corrected chi connectivity index (χ1v) is 7.19. The van der Waals surface area contributed by atoms with E-state index in [-0.39, 0.29) is 13.4 Å². The van der Waals surface area contributed by atoms with Crippen molar-refractivity contribution in [2.75, 3.05) is 13.4 Å². The van der Waals surface area contributed by atoms with E-state index >= 15 is 0 Å². The second kappa shape index (κ2) is 5.32. The molecule has 108 valence electrons. The monoisotopic (exact) mass is 276 g/mol. The van der Waals surface area contributed by atoms with Gasteiger partial charge >= 0.3 is 0 Å². The zero-order chi connectivity index (χ0) is 14.1. The highest BCUT2D eigenvalue weighted by molar-refractivity contribution is 5.81. The summed E-state index contributed by atoms with van der Waals surface area (Å²) in [6, 6.07) is 3.89. The number of imidazole rings is 1. The van der Waals surface area contributed by atoms with Gasteiger partial charge in [-0.3, -0.25) is 0 Å². The van der Waals surface area contributed by atoms with Crippen LogP contribution in [0.4, 0.5) is 0 Å². The summed E-state index contributed by atoms with van der Waals surface area (Å²) < 4.78 is 13.0.